The minimum Gasteiger partial charge on any atom is -0.447 e. The second-order valence-corrected chi connectivity index (χ2v) is 15.2. The number of ether oxygens (including phenoxy) is 2. The summed E-state index contributed by atoms with van der Waals surface area (Å²) >= 11 is 0. The van der Waals surface area contributed by atoms with Gasteiger partial charge in [0, 0.05) is 6.54 Å². The lowest BCUT2D eigenvalue weighted by Crippen LogP contribution is -2.49. The van der Waals surface area contributed by atoms with Gasteiger partial charge in [0.15, 0.2) is 8.32 Å². The number of rotatable bonds is 5. The number of hydrogen-bond acceptors (Lipinski definition) is 5. The Morgan fingerprint density at radius 2 is 1.86 bits per heavy atom. The van der Waals surface area contributed by atoms with E-state index < -0.39 is 13.9 Å². The van der Waals surface area contributed by atoms with Gasteiger partial charge in [-0.1, -0.05) is 20.8 Å². The van der Waals surface area contributed by atoms with Crippen LogP contribution in [-0.4, -0.2) is 62.3 Å². The number of carbonyl (C=O) groups is 2. The highest BCUT2D eigenvalue weighted by atomic mass is 28.4. The van der Waals surface area contributed by atoms with Gasteiger partial charge < -0.3 is 24.1 Å². The van der Waals surface area contributed by atoms with Crippen molar-refractivity contribution in [2.24, 2.45) is 0 Å². The second kappa shape index (κ2) is 8.22. The first-order chi connectivity index (χ1) is 12.7. The Bertz CT molecular complexity index is 582. The molecule has 0 spiro atoms. The molecule has 0 aliphatic carbocycles. The molecule has 28 heavy (non-hydrogen) atoms. The van der Waals surface area contributed by atoms with Crippen LogP contribution < -0.4 is 5.32 Å². The van der Waals surface area contributed by atoms with E-state index in [4.69, 9.17) is 13.9 Å². The van der Waals surface area contributed by atoms with Gasteiger partial charge in [0.1, 0.15) is 12.2 Å². The quantitative estimate of drug-likeness (QED) is 0.680. The van der Waals surface area contributed by atoms with Gasteiger partial charge in [-0.25, -0.2) is 9.59 Å². The van der Waals surface area contributed by atoms with Gasteiger partial charge in [0.05, 0.1) is 18.2 Å². The predicted octanol–water partition coefficient (Wildman–Crippen LogP) is 4.27. The molecule has 0 saturated carbocycles. The van der Waals surface area contributed by atoms with Crippen LogP contribution in [0.4, 0.5) is 9.59 Å². The van der Waals surface area contributed by atoms with E-state index in [1.54, 1.807) is 0 Å². The fourth-order valence-corrected chi connectivity index (χ4v) is 4.75. The monoisotopic (exact) mass is 414 g/mol. The zero-order chi connectivity index (χ0) is 21.3. The lowest BCUT2D eigenvalue weighted by molar-refractivity contribution is 0.0148. The lowest BCUT2D eigenvalue weighted by atomic mass is 10.0. The van der Waals surface area contributed by atoms with Gasteiger partial charge in [-0.2, -0.15) is 0 Å². The van der Waals surface area contributed by atoms with Crippen molar-refractivity contribution in [2.75, 3.05) is 13.2 Å². The summed E-state index contributed by atoms with van der Waals surface area (Å²) in [6, 6.07) is -0.0661. The average Bonchev–Trinajstić information content (AvgIpc) is 3.08. The van der Waals surface area contributed by atoms with Crippen LogP contribution >= 0.6 is 0 Å². The smallest absolute Gasteiger partial charge is 0.410 e. The fraction of sp³-hybridized carbons (Fsp3) is 0.900. The molecule has 0 radical (unpaired) electrons. The summed E-state index contributed by atoms with van der Waals surface area (Å²) in [7, 11) is -1.97. The topological polar surface area (TPSA) is 77.1 Å². The summed E-state index contributed by atoms with van der Waals surface area (Å²) in [6.45, 7) is 17.8. The minimum absolute atomic E-state index is 0.00793. The number of likely N-dealkylation sites (tertiary alicyclic amines) is 1. The van der Waals surface area contributed by atoms with E-state index in [0.29, 0.717) is 13.2 Å². The van der Waals surface area contributed by atoms with E-state index >= 15 is 0 Å². The molecule has 2 aliphatic heterocycles. The van der Waals surface area contributed by atoms with E-state index in [9.17, 15) is 9.59 Å². The number of amides is 2. The van der Waals surface area contributed by atoms with Gasteiger partial charge in [-0.05, 0) is 58.2 Å². The molecule has 0 bridgehead atoms. The van der Waals surface area contributed by atoms with Gasteiger partial charge in [0.2, 0.25) is 0 Å². The maximum Gasteiger partial charge on any atom is 0.410 e. The highest BCUT2D eigenvalue weighted by Crippen LogP contribution is 2.40. The molecule has 3 atom stereocenters. The van der Waals surface area contributed by atoms with Crippen LogP contribution in [0.25, 0.3) is 0 Å². The van der Waals surface area contributed by atoms with Gasteiger partial charge in [-0.15, -0.1) is 0 Å². The van der Waals surface area contributed by atoms with E-state index in [-0.39, 0.29) is 35.4 Å². The Morgan fingerprint density at radius 1 is 1.21 bits per heavy atom. The third kappa shape index (κ3) is 5.86. The predicted molar refractivity (Wildman–Crippen MR) is 111 cm³/mol. The van der Waals surface area contributed by atoms with Crippen molar-refractivity contribution in [1.29, 1.82) is 0 Å². The van der Waals surface area contributed by atoms with Crippen LogP contribution in [-0.2, 0) is 13.9 Å². The molecule has 8 heteroatoms. The summed E-state index contributed by atoms with van der Waals surface area (Å²) in [5.41, 5.74) is -0.534. The molecule has 0 aromatic carbocycles. The van der Waals surface area contributed by atoms with E-state index in [1.165, 1.54) is 0 Å². The number of carbonyl (C=O) groups excluding carboxylic acids is 2. The molecule has 1 N–H and O–H groups in total. The Balaban J connectivity index is 2.11. The van der Waals surface area contributed by atoms with Crippen molar-refractivity contribution >= 4 is 20.5 Å². The number of cyclic esters (lactones) is 1. The first-order valence-corrected chi connectivity index (χ1v) is 13.2. The number of nitrogens with one attached hydrogen (secondary N) is 1. The molecule has 7 nitrogen and oxygen atoms in total. The summed E-state index contributed by atoms with van der Waals surface area (Å²) in [5.74, 6) is 0. The summed E-state index contributed by atoms with van der Waals surface area (Å²) in [4.78, 5) is 25.9. The van der Waals surface area contributed by atoms with Crippen LogP contribution in [0.15, 0.2) is 0 Å². The minimum atomic E-state index is -1.97. The van der Waals surface area contributed by atoms with Crippen molar-refractivity contribution in [1.82, 2.24) is 10.2 Å². The molecular weight excluding hydrogens is 376 g/mol. The molecule has 0 aromatic rings. The Kier molecular flexibility index (Phi) is 6.75. The maximum atomic E-state index is 12.8. The van der Waals surface area contributed by atoms with E-state index in [2.05, 4.69) is 39.2 Å². The van der Waals surface area contributed by atoms with Crippen molar-refractivity contribution in [2.45, 2.75) is 103 Å². The standard InChI is InChI=1S/C20H38N2O5Si/c1-19(2,3)26-18(24)22-12-11-16(27-28(7,8)20(4,5)6)15(22)10-9-14-13-25-17(23)21-14/h14-16H,9-13H2,1-8H3,(H,21,23)/t14-,15-,16-/m0/s1. The van der Waals surface area contributed by atoms with Crippen LogP contribution in [0, 0.1) is 0 Å². The average molecular weight is 415 g/mol. The molecule has 162 valence electrons. The number of alkyl carbamates (subject to hydrolysis) is 1. The third-order valence-corrected chi connectivity index (χ3v) is 10.4. The zero-order valence-electron chi connectivity index (χ0n) is 18.8. The summed E-state index contributed by atoms with van der Waals surface area (Å²) in [6.07, 6.45) is 1.63. The molecule has 2 heterocycles. The Morgan fingerprint density at radius 3 is 2.36 bits per heavy atom. The molecule has 0 aromatic heterocycles. The summed E-state index contributed by atoms with van der Waals surface area (Å²) in [5, 5.41) is 2.92. The van der Waals surface area contributed by atoms with Crippen molar-refractivity contribution in [3.05, 3.63) is 0 Å². The van der Waals surface area contributed by atoms with Crippen LogP contribution in [0.2, 0.25) is 18.1 Å². The Hall–Kier alpha value is -1.28. The van der Waals surface area contributed by atoms with Gasteiger partial charge in [0.25, 0.3) is 0 Å². The normalized spacial score (nSPS) is 26.2. The van der Waals surface area contributed by atoms with Crippen molar-refractivity contribution < 1.29 is 23.5 Å². The zero-order valence-corrected chi connectivity index (χ0v) is 19.8. The molecule has 0 unspecified atom stereocenters. The largest absolute Gasteiger partial charge is 0.447 e. The highest BCUT2D eigenvalue weighted by Gasteiger charge is 2.46. The molecular formula is C20H38N2O5Si. The first-order valence-electron chi connectivity index (χ1n) is 10.3. The third-order valence-electron chi connectivity index (χ3n) is 5.91. The van der Waals surface area contributed by atoms with E-state index in [1.807, 2.05) is 25.7 Å². The van der Waals surface area contributed by atoms with Crippen LogP contribution in [0.3, 0.4) is 0 Å². The van der Waals surface area contributed by atoms with Gasteiger partial charge in [-0.3, -0.25) is 0 Å². The number of hydrogen-bond donors (Lipinski definition) is 1. The molecule has 2 saturated heterocycles. The van der Waals surface area contributed by atoms with Crippen molar-refractivity contribution in [3.63, 3.8) is 0 Å². The molecule has 2 amide bonds. The highest BCUT2D eigenvalue weighted by molar-refractivity contribution is 6.74. The number of nitrogens with zero attached hydrogens (tertiary/aromatic N) is 1. The molecule has 2 aliphatic rings. The fourth-order valence-electron chi connectivity index (χ4n) is 3.36. The molecule has 2 fully saturated rings. The van der Waals surface area contributed by atoms with Crippen LogP contribution in [0.5, 0.6) is 0 Å². The maximum absolute atomic E-state index is 12.8. The summed E-state index contributed by atoms with van der Waals surface area (Å²) < 4.78 is 17.3. The lowest BCUT2D eigenvalue weighted by Gasteiger charge is -2.40. The van der Waals surface area contributed by atoms with Crippen LogP contribution in [0.1, 0.15) is 60.8 Å². The first kappa shape index (κ1) is 23.0. The van der Waals surface area contributed by atoms with E-state index in [0.717, 1.165) is 19.3 Å². The molecule has 2 rings (SSSR count). The Labute approximate surface area is 170 Å². The van der Waals surface area contributed by atoms with Gasteiger partial charge >= 0.3 is 12.2 Å². The second-order valence-electron chi connectivity index (χ2n) is 10.5. The SMILES string of the molecule is CC(C)(C)OC(=O)N1CC[C@H](O[Si](C)(C)C(C)(C)C)[C@@H]1CC[C@H]1COC(=O)N1. The van der Waals surface area contributed by atoms with Crippen molar-refractivity contribution in [3.8, 4) is 0 Å².